The Morgan fingerprint density at radius 1 is 1.53 bits per heavy atom. The molecule has 0 unspecified atom stereocenters. The number of nitriles is 1. The van der Waals surface area contributed by atoms with Crippen LogP contribution in [0.15, 0.2) is 24.8 Å². The van der Waals surface area contributed by atoms with Crippen LogP contribution in [0, 0.1) is 17.2 Å². The third-order valence-electron chi connectivity index (χ3n) is 1.77. The Morgan fingerprint density at radius 2 is 2.06 bits per heavy atom. The maximum atomic E-state index is 11.2. The maximum absolute atomic E-state index is 11.2. The molecule has 3 heteroatoms. The van der Waals surface area contributed by atoms with Gasteiger partial charge in [0.05, 0.1) is 12.7 Å². The molecule has 0 aliphatic carbocycles. The first-order valence-electron chi connectivity index (χ1n) is 5.84. The number of rotatable bonds is 6. The van der Waals surface area contributed by atoms with Crippen molar-refractivity contribution in [3.63, 3.8) is 0 Å². The Labute approximate surface area is 105 Å². The molecule has 0 fully saturated rings. The van der Waals surface area contributed by atoms with Crippen molar-refractivity contribution in [3.8, 4) is 6.07 Å². The van der Waals surface area contributed by atoms with Gasteiger partial charge in [-0.15, -0.1) is 0 Å². The van der Waals surface area contributed by atoms with E-state index < -0.39 is 0 Å². The number of ether oxygens (including phenoxy) is 1. The highest BCUT2D eigenvalue weighted by Crippen LogP contribution is 2.10. The monoisotopic (exact) mass is 237 g/mol. The van der Waals surface area contributed by atoms with E-state index in [1.807, 2.05) is 0 Å². The lowest BCUT2D eigenvalue weighted by Gasteiger charge is -2.08. The van der Waals surface area contributed by atoms with Crippen LogP contribution in [0.25, 0.3) is 0 Å². The number of carbonyl (C=O) groups is 1. The van der Waals surface area contributed by atoms with E-state index in [0.717, 1.165) is 19.3 Å². The summed E-state index contributed by atoms with van der Waals surface area (Å²) in [5.41, 5.74) is 0.589. The van der Waals surface area contributed by atoms with Crippen molar-refractivity contribution >= 4 is 5.97 Å². The topological polar surface area (TPSA) is 50.1 Å². The molecule has 0 aromatic carbocycles. The van der Waals surface area contributed by atoms with E-state index in [1.54, 1.807) is 6.07 Å². The van der Waals surface area contributed by atoms with Crippen molar-refractivity contribution in [2.45, 2.75) is 40.0 Å². The summed E-state index contributed by atoms with van der Waals surface area (Å²) in [6.07, 6.45) is 3.88. The molecule has 96 valence electrons. The van der Waals surface area contributed by atoms with Gasteiger partial charge in [0, 0.05) is 11.6 Å². The molecule has 0 saturated carbocycles. The molecular formula is C14H23NO2. The van der Waals surface area contributed by atoms with Gasteiger partial charge in [0.15, 0.2) is 0 Å². The number of esters is 1. The van der Waals surface area contributed by atoms with E-state index in [0.29, 0.717) is 18.1 Å². The van der Waals surface area contributed by atoms with Crippen molar-refractivity contribution in [1.29, 1.82) is 5.26 Å². The van der Waals surface area contributed by atoms with Gasteiger partial charge in [0.1, 0.15) is 0 Å². The minimum Gasteiger partial charge on any atom is -0.462 e. The molecule has 0 bridgehead atoms. The summed E-state index contributed by atoms with van der Waals surface area (Å²) >= 11 is 0. The van der Waals surface area contributed by atoms with Crippen molar-refractivity contribution in [3.05, 3.63) is 24.8 Å². The Morgan fingerprint density at radius 3 is 2.41 bits per heavy atom. The van der Waals surface area contributed by atoms with Crippen LogP contribution in [0.3, 0.4) is 0 Å². The summed E-state index contributed by atoms with van der Waals surface area (Å²) in [6.45, 7) is 13.5. The molecule has 0 atom stereocenters. The van der Waals surface area contributed by atoms with Gasteiger partial charge in [-0.25, -0.2) is 4.79 Å². The van der Waals surface area contributed by atoms with E-state index in [9.17, 15) is 4.79 Å². The van der Waals surface area contributed by atoms with Gasteiger partial charge in [-0.3, -0.25) is 0 Å². The van der Waals surface area contributed by atoms with Crippen LogP contribution in [0.2, 0.25) is 0 Å². The van der Waals surface area contributed by atoms with E-state index in [-0.39, 0.29) is 5.97 Å². The second-order valence-corrected chi connectivity index (χ2v) is 4.02. The SMILES string of the molecule is C=C(CC(C)C)C(=O)OCCCC.C=CC#N. The Balaban J connectivity index is 0. The lowest BCUT2D eigenvalue weighted by atomic mass is 10.1. The predicted octanol–water partition coefficient (Wildman–Crippen LogP) is 3.63. The summed E-state index contributed by atoms with van der Waals surface area (Å²) in [6, 6.07) is 1.69. The summed E-state index contributed by atoms with van der Waals surface area (Å²) in [5.74, 6) is 0.230. The zero-order valence-corrected chi connectivity index (χ0v) is 11.2. The molecule has 3 nitrogen and oxygen atoms in total. The van der Waals surface area contributed by atoms with Crippen molar-refractivity contribution in [2.75, 3.05) is 6.61 Å². The molecule has 0 N–H and O–H groups in total. The van der Waals surface area contributed by atoms with Crippen LogP contribution in [0.4, 0.5) is 0 Å². The quantitative estimate of drug-likeness (QED) is 0.307. The Hall–Kier alpha value is -1.56. The summed E-state index contributed by atoms with van der Waals surface area (Å²) < 4.78 is 5.01. The lowest BCUT2D eigenvalue weighted by Crippen LogP contribution is -2.09. The third kappa shape index (κ3) is 14.4. The van der Waals surface area contributed by atoms with Crippen molar-refractivity contribution < 1.29 is 9.53 Å². The fourth-order valence-corrected chi connectivity index (χ4v) is 0.987. The van der Waals surface area contributed by atoms with Crippen molar-refractivity contribution in [2.24, 2.45) is 5.92 Å². The molecule has 0 heterocycles. The second kappa shape index (κ2) is 12.5. The van der Waals surface area contributed by atoms with Gasteiger partial charge < -0.3 is 4.74 Å². The van der Waals surface area contributed by atoms with Crippen LogP contribution in [-0.4, -0.2) is 12.6 Å². The van der Waals surface area contributed by atoms with Crippen LogP contribution in [0.1, 0.15) is 40.0 Å². The molecule has 0 aromatic rings. The second-order valence-electron chi connectivity index (χ2n) is 4.02. The first kappa shape index (κ1) is 17.8. The molecule has 0 radical (unpaired) electrons. The molecule has 0 aromatic heterocycles. The van der Waals surface area contributed by atoms with E-state index in [1.165, 1.54) is 6.08 Å². The van der Waals surface area contributed by atoms with E-state index >= 15 is 0 Å². The highest BCUT2D eigenvalue weighted by molar-refractivity contribution is 5.87. The average molecular weight is 237 g/mol. The van der Waals surface area contributed by atoms with Crippen molar-refractivity contribution in [1.82, 2.24) is 0 Å². The van der Waals surface area contributed by atoms with Gasteiger partial charge in [0.25, 0.3) is 0 Å². The fraction of sp³-hybridized carbons (Fsp3) is 0.571. The average Bonchev–Trinajstić information content (AvgIpc) is 2.28. The normalized spacial score (nSPS) is 8.65. The number of hydrogen-bond donors (Lipinski definition) is 0. The summed E-state index contributed by atoms with van der Waals surface area (Å²) in [7, 11) is 0. The highest BCUT2D eigenvalue weighted by atomic mass is 16.5. The third-order valence-corrected chi connectivity index (χ3v) is 1.77. The molecule has 0 amide bonds. The predicted molar refractivity (Wildman–Crippen MR) is 70.3 cm³/mol. The highest BCUT2D eigenvalue weighted by Gasteiger charge is 2.09. The number of carbonyl (C=O) groups excluding carboxylic acids is 1. The lowest BCUT2D eigenvalue weighted by molar-refractivity contribution is -0.139. The first-order chi connectivity index (χ1) is 7.99. The maximum Gasteiger partial charge on any atom is 0.333 e. The van der Waals surface area contributed by atoms with Crippen LogP contribution >= 0.6 is 0 Å². The van der Waals surface area contributed by atoms with Crippen LogP contribution in [0.5, 0.6) is 0 Å². The molecule has 0 saturated heterocycles. The minimum atomic E-state index is -0.234. The molecule has 17 heavy (non-hydrogen) atoms. The fourth-order valence-electron chi connectivity index (χ4n) is 0.987. The van der Waals surface area contributed by atoms with Crippen LogP contribution < -0.4 is 0 Å². The van der Waals surface area contributed by atoms with E-state index in [4.69, 9.17) is 10.00 Å². The Kier molecular flexibility index (Phi) is 13.1. The van der Waals surface area contributed by atoms with Gasteiger partial charge in [-0.05, 0) is 18.8 Å². The Bertz CT molecular complexity index is 274. The standard InChI is InChI=1S/C11H20O2.C3H3N/c1-5-6-7-13-11(12)10(4)8-9(2)3;1-2-3-4/h9H,4-8H2,1-3H3;2H,1H2. The molecule has 0 rings (SSSR count). The first-order valence-corrected chi connectivity index (χ1v) is 5.84. The number of allylic oxidation sites excluding steroid dienone is 1. The van der Waals surface area contributed by atoms with E-state index in [2.05, 4.69) is 33.9 Å². The molecular weight excluding hydrogens is 214 g/mol. The zero-order chi connectivity index (χ0) is 13.7. The molecule has 0 aliphatic rings. The smallest absolute Gasteiger partial charge is 0.333 e. The summed E-state index contributed by atoms with van der Waals surface area (Å²) in [4.78, 5) is 11.2. The number of nitrogens with zero attached hydrogens (tertiary/aromatic N) is 1. The summed E-state index contributed by atoms with van der Waals surface area (Å²) in [5, 5.41) is 7.51. The van der Waals surface area contributed by atoms with Gasteiger partial charge in [-0.1, -0.05) is 40.3 Å². The van der Waals surface area contributed by atoms with Gasteiger partial charge in [-0.2, -0.15) is 5.26 Å². The number of unbranched alkanes of at least 4 members (excludes halogenated alkanes) is 1. The largest absolute Gasteiger partial charge is 0.462 e. The zero-order valence-electron chi connectivity index (χ0n) is 11.2. The number of hydrogen-bond acceptors (Lipinski definition) is 3. The molecule has 0 spiro atoms. The van der Waals surface area contributed by atoms with Gasteiger partial charge in [0.2, 0.25) is 0 Å². The minimum absolute atomic E-state index is 0.234. The van der Waals surface area contributed by atoms with Crippen LogP contribution in [-0.2, 0) is 9.53 Å². The molecule has 0 aliphatic heterocycles. The van der Waals surface area contributed by atoms with Gasteiger partial charge >= 0.3 is 5.97 Å².